The number of fused-ring (bicyclic) bond motifs is 1. The molecule has 1 unspecified atom stereocenters. The maximum absolute atomic E-state index is 8.90. The fourth-order valence-corrected chi connectivity index (χ4v) is 2.01. The van der Waals surface area contributed by atoms with Crippen molar-refractivity contribution in [2.24, 2.45) is 0 Å². The van der Waals surface area contributed by atoms with Crippen LogP contribution in [0.2, 0.25) is 0 Å². The molecule has 1 aliphatic rings. The summed E-state index contributed by atoms with van der Waals surface area (Å²) in [4.78, 5) is 0. The Morgan fingerprint density at radius 1 is 1.24 bits per heavy atom. The van der Waals surface area contributed by atoms with E-state index in [0.717, 1.165) is 12.0 Å². The summed E-state index contributed by atoms with van der Waals surface area (Å²) in [6.45, 7) is 3.87. The molecule has 2 aromatic rings. The monoisotopic (exact) mass is 398 g/mol. The van der Waals surface area contributed by atoms with Crippen LogP contribution in [0, 0.1) is 13.0 Å². The van der Waals surface area contributed by atoms with Crippen LogP contribution in [0.1, 0.15) is 18.9 Å². The van der Waals surface area contributed by atoms with Crippen LogP contribution in [0.4, 0.5) is 0 Å². The molecule has 110 valence electrons. The number of hydrogen-bond donors (Lipinski definition) is 1. The summed E-state index contributed by atoms with van der Waals surface area (Å²) in [5.74, 6) is 0. The molecule has 0 bridgehead atoms. The van der Waals surface area contributed by atoms with Crippen LogP contribution in [-0.2, 0) is 26.2 Å². The largest absolute Gasteiger partial charge is 4.00 e. The van der Waals surface area contributed by atoms with Gasteiger partial charge >= 0.3 is 26.2 Å². The number of aliphatic hydroxyl groups excluding tert-OH is 1. The van der Waals surface area contributed by atoms with Gasteiger partial charge in [-0.25, -0.2) is 6.08 Å². The Morgan fingerprint density at radius 3 is 2.38 bits per heavy atom. The van der Waals surface area contributed by atoms with Crippen LogP contribution >= 0.6 is 0 Å². The van der Waals surface area contributed by atoms with Gasteiger partial charge in [0.1, 0.15) is 0 Å². The van der Waals surface area contributed by atoms with Gasteiger partial charge in [-0.1, -0.05) is 13.0 Å². The second kappa shape index (κ2) is 11.3. The maximum atomic E-state index is 8.90. The first-order chi connectivity index (χ1) is 8.66. The fourth-order valence-electron chi connectivity index (χ4n) is 2.01. The van der Waals surface area contributed by atoms with Crippen LogP contribution in [0.15, 0.2) is 54.1 Å². The van der Waals surface area contributed by atoms with Crippen LogP contribution in [0.5, 0.6) is 0 Å². The molecule has 0 aromatic heterocycles. The van der Waals surface area contributed by atoms with Gasteiger partial charge in [0, 0.05) is 6.10 Å². The summed E-state index contributed by atoms with van der Waals surface area (Å²) >= 11 is 0. The van der Waals surface area contributed by atoms with Crippen molar-refractivity contribution in [1.29, 1.82) is 0 Å². The van der Waals surface area contributed by atoms with Gasteiger partial charge in [0.05, 0.1) is 0 Å². The fraction of sp³-hybridized carbons (Fsp3) is 0.235. The van der Waals surface area contributed by atoms with Crippen LogP contribution < -0.4 is 24.8 Å². The molecular weight excluding hydrogens is 382 g/mol. The number of benzene rings is 1. The Labute approximate surface area is 158 Å². The quantitative estimate of drug-likeness (QED) is 0.546. The first kappa shape index (κ1) is 23.0. The van der Waals surface area contributed by atoms with E-state index in [-0.39, 0.29) is 57.1 Å². The smallest absolute Gasteiger partial charge is 1.00 e. The van der Waals surface area contributed by atoms with Crippen molar-refractivity contribution in [2.75, 3.05) is 0 Å². The number of aryl methyl sites for hydroxylation is 1. The average Bonchev–Trinajstić information content (AvgIpc) is 2.96. The summed E-state index contributed by atoms with van der Waals surface area (Å²) in [5.41, 5.74) is 2.27. The van der Waals surface area contributed by atoms with E-state index in [2.05, 4.69) is 49.4 Å². The SMILES string of the molecule is CC(O)C1=[C-]CC=C1.Cc1cc2ccccc2[cH-]1.[Cl-].[Cl-].[Zr+4]. The van der Waals surface area contributed by atoms with E-state index >= 15 is 0 Å². The second-order valence-corrected chi connectivity index (χ2v) is 4.58. The molecule has 0 amide bonds. The van der Waals surface area contributed by atoms with Gasteiger partial charge in [0.15, 0.2) is 0 Å². The van der Waals surface area contributed by atoms with Gasteiger partial charge in [-0.2, -0.15) is 17.7 Å². The molecule has 0 spiro atoms. The number of rotatable bonds is 1. The summed E-state index contributed by atoms with van der Waals surface area (Å²) in [5, 5.41) is 11.6. The van der Waals surface area contributed by atoms with Gasteiger partial charge in [-0.05, 0) is 6.92 Å². The van der Waals surface area contributed by atoms with E-state index in [1.54, 1.807) is 6.92 Å². The first-order valence-electron chi connectivity index (χ1n) is 6.24. The van der Waals surface area contributed by atoms with Crippen molar-refractivity contribution < 1.29 is 56.1 Å². The van der Waals surface area contributed by atoms with Crippen LogP contribution in [-0.4, -0.2) is 11.2 Å². The molecule has 21 heavy (non-hydrogen) atoms. The summed E-state index contributed by atoms with van der Waals surface area (Å²) in [6.07, 6.45) is 7.43. The maximum Gasteiger partial charge on any atom is 4.00 e. The number of hydrogen-bond acceptors (Lipinski definition) is 1. The van der Waals surface area contributed by atoms with Gasteiger partial charge in [-0.15, -0.1) is 47.0 Å². The summed E-state index contributed by atoms with van der Waals surface area (Å²) < 4.78 is 0. The molecule has 1 N–H and O–H groups in total. The minimum absolute atomic E-state index is 0. The Bertz CT molecular complexity index is 552. The molecule has 0 saturated carbocycles. The summed E-state index contributed by atoms with van der Waals surface area (Å²) in [7, 11) is 0. The number of allylic oxidation sites excluding steroid dienone is 2. The Morgan fingerprint density at radius 2 is 1.90 bits per heavy atom. The van der Waals surface area contributed by atoms with Gasteiger partial charge < -0.3 is 29.9 Å². The Kier molecular flexibility index (Phi) is 12.4. The molecule has 3 rings (SSSR count). The summed E-state index contributed by atoms with van der Waals surface area (Å²) in [6, 6.07) is 12.8. The van der Waals surface area contributed by atoms with Crippen LogP contribution in [0.3, 0.4) is 0 Å². The molecule has 0 aliphatic heterocycles. The van der Waals surface area contributed by atoms with E-state index in [1.165, 1.54) is 16.3 Å². The molecule has 4 heteroatoms. The first-order valence-corrected chi connectivity index (χ1v) is 6.24. The van der Waals surface area contributed by atoms with E-state index in [1.807, 2.05) is 12.2 Å². The van der Waals surface area contributed by atoms with E-state index in [0.29, 0.717) is 0 Å². The van der Waals surface area contributed by atoms with Gasteiger partial charge in [0.25, 0.3) is 0 Å². The van der Waals surface area contributed by atoms with Crippen molar-refractivity contribution in [2.45, 2.75) is 26.4 Å². The van der Waals surface area contributed by atoms with Crippen molar-refractivity contribution in [3.8, 4) is 0 Å². The minimum atomic E-state index is -0.339. The zero-order valence-corrected chi connectivity index (χ0v) is 16.1. The molecule has 0 saturated heterocycles. The second-order valence-electron chi connectivity index (χ2n) is 4.58. The third-order valence-corrected chi connectivity index (χ3v) is 2.93. The van der Waals surface area contributed by atoms with Crippen molar-refractivity contribution in [1.82, 2.24) is 0 Å². The van der Waals surface area contributed by atoms with Gasteiger partial charge in [-0.3, -0.25) is 6.08 Å². The van der Waals surface area contributed by atoms with Crippen molar-refractivity contribution in [3.05, 3.63) is 65.8 Å². The normalized spacial score (nSPS) is 13.0. The zero-order chi connectivity index (χ0) is 13.0. The molecule has 1 atom stereocenters. The van der Waals surface area contributed by atoms with Crippen LogP contribution in [0.25, 0.3) is 10.8 Å². The predicted molar refractivity (Wildman–Crippen MR) is 76.5 cm³/mol. The molecule has 2 aromatic carbocycles. The standard InChI is InChI=1S/C10H9.C7H9O.2ClH.Zr/c1-8-6-9-4-2-3-5-10(9)7-8;1-6(8)7-4-2-3-5-7;;;/h2-7H,1H3;2,4,6,8H,3H2,1H3;2*1H;/q2*-1;;;+4/p-2. The number of halogens is 2. The third kappa shape index (κ3) is 7.02. The van der Waals surface area contributed by atoms with Crippen molar-refractivity contribution >= 4 is 10.8 Å². The molecule has 0 radical (unpaired) electrons. The number of aliphatic hydroxyl groups is 1. The zero-order valence-electron chi connectivity index (χ0n) is 12.1. The molecular formula is C17H18Cl2OZr. The molecule has 0 fully saturated rings. The minimum Gasteiger partial charge on any atom is -1.00 e. The van der Waals surface area contributed by atoms with Crippen molar-refractivity contribution in [3.63, 3.8) is 0 Å². The molecule has 1 nitrogen and oxygen atoms in total. The molecule has 0 heterocycles. The average molecular weight is 400 g/mol. The van der Waals surface area contributed by atoms with E-state index in [9.17, 15) is 0 Å². The van der Waals surface area contributed by atoms with E-state index < -0.39 is 0 Å². The Balaban J connectivity index is 0. The third-order valence-electron chi connectivity index (χ3n) is 2.93. The Hall–Kier alpha value is -0.267. The molecule has 1 aliphatic carbocycles. The van der Waals surface area contributed by atoms with Gasteiger partial charge in [0.2, 0.25) is 0 Å². The predicted octanol–water partition coefficient (Wildman–Crippen LogP) is -2.07. The van der Waals surface area contributed by atoms with E-state index in [4.69, 9.17) is 5.11 Å². The topological polar surface area (TPSA) is 20.2 Å².